The molecule has 0 saturated heterocycles. The molecule has 132 valence electrons. The normalized spacial score (nSPS) is 10.2. The Kier molecular flexibility index (Phi) is 5.14. The van der Waals surface area contributed by atoms with E-state index in [1.165, 1.54) is 11.3 Å². The van der Waals surface area contributed by atoms with Crippen LogP contribution in [0.25, 0.3) is 10.6 Å². The number of benzene rings is 2. The van der Waals surface area contributed by atoms with Gasteiger partial charge in [-0.15, -0.1) is 11.3 Å². The van der Waals surface area contributed by atoms with Crippen LogP contribution in [0, 0.1) is 0 Å². The van der Waals surface area contributed by atoms with Crippen molar-refractivity contribution in [3.05, 3.63) is 59.6 Å². The van der Waals surface area contributed by atoms with E-state index in [1.807, 2.05) is 24.3 Å². The molecule has 7 nitrogen and oxygen atoms in total. The van der Waals surface area contributed by atoms with Crippen molar-refractivity contribution in [3.8, 4) is 16.3 Å². The van der Waals surface area contributed by atoms with Crippen molar-refractivity contribution in [1.82, 2.24) is 4.98 Å². The lowest BCUT2D eigenvalue weighted by Crippen LogP contribution is -2.19. The van der Waals surface area contributed by atoms with Crippen LogP contribution in [0.4, 0.5) is 16.2 Å². The second-order valence-corrected chi connectivity index (χ2v) is 6.15. The third kappa shape index (κ3) is 4.17. The largest absolute Gasteiger partial charge is 0.497 e. The van der Waals surface area contributed by atoms with E-state index in [0.29, 0.717) is 17.1 Å². The molecule has 0 aliphatic carbocycles. The Balaban J connectivity index is 1.68. The first kappa shape index (κ1) is 17.4. The molecule has 1 aromatic heterocycles. The first-order chi connectivity index (χ1) is 12.5. The fourth-order valence-electron chi connectivity index (χ4n) is 2.22. The van der Waals surface area contributed by atoms with E-state index in [9.17, 15) is 9.59 Å². The zero-order valence-corrected chi connectivity index (χ0v) is 14.7. The lowest BCUT2D eigenvalue weighted by Gasteiger charge is -2.05. The molecule has 4 N–H and O–H groups in total. The number of primary amides is 1. The van der Waals surface area contributed by atoms with Gasteiger partial charge in [0.15, 0.2) is 0 Å². The predicted molar refractivity (Wildman–Crippen MR) is 102 cm³/mol. The van der Waals surface area contributed by atoms with Gasteiger partial charge in [-0.2, -0.15) is 0 Å². The average Bonchev–Trinajstić information content (AvgIpc) is 3.13. The second kappa shape index (κ2) is 7.66. The fraction of sp³-hybridized carbons (Fsp3) is 0.0556. The molecule has 0 saturated carbocycles. The summed E-state index contributed by atoms with van der Waals surface area (Å²) in [5.74, 6) is 0.453. The van der Waals surface area contributed by atoms with Gasteiger partial charge in [0.25, 0.3) is 5.91 Å². The molecule has 0 spiro atoms. The molecule has 0 aliphatic rings. The maximum atomic E-state index is 12.3. The Bertz CT molecular complexity index is 920. The highest BCUT2D eigenvalue weighted by molar-refractivity contribution is 7.13. The Morgan fingerprint density at radius 1 is 1.00 bits per heavy atom. The summed E-state index contributed by atoms with van der Waals surface area (Å²) in [4.78, 5) is 27.5. The number of anilines is 2. The number of hydrogen-bond donors (Lipinski definition) is 3. The first-order valence-corrected chi connectivity index (χ1v) is 8.51. The lowest BCUT2D eigenvalue weighted by molar-refractivity contribution is 0.102. The van der Waals surface area contributed by atoms with Crippen molar-refractivity contribution in [1.29, 1.82) is 0 Å². The molecule has 2 aromatic carbocycles. The van der Waals surface area contributed by atoms with Crippen LogP contribution in [0.15, 0.2) is 53.9 Å². The van der Waals surface area contributed by atoms with E-state index in [-0.39, 0.29) is 5.91 Å². The standard InChI is InChI=1S/C18H16N4O3S/c1-25-14-8-2-11(3-9-14)17-22-15(10-26-17)16(23)20-12-4-6-13(7-5-12)21-18(19)24/h2-10H,1H3,(H,20,23)(H3,19,21,24). The van der Waals surface area contributed by atoms with Crippen LogP contribution in [0.3, 0.4) is 0 Å². The van der Waals surface area contributed by atoms with E-state index in [2.05, 4.69) is 15.6 Å². The van der Waals surface area contributed by atoms with Crippen LogP contribution in [0.2, 0.25) is 0 Å². The number of nitrogens with two attached hydrogens (primary N) is 1. The highest BCUT2D eigenvalue weighted by atomic mass is 32.1. The number of aromatic nitrogens is 1. The Morgan fingerprint density at radius 3 is 2.19 bits per heavy atom. The molecular formula is C18H16N4O3S. The van der Waals surface area contributed by atoms with E-state index in [0.717, 1.165) is 16.3 Å². The Labute approximate surface area is 153 Å². The van der Waals surface area contributed by atoms with Gasteiger partial charge in [0, 0.05) is 22.3 Å². The number of nitrogens with one attached hydrogen (secondary N) is 2. The number of ether oxygens (including phenoxy) is 1. The van der Waals surface area contributed by atoms with Crippen LogP contribution < -0.4 is 21.1 Å². The summed E-state index contributed by atoms with van der Waals surface area (Å²) in [6, 6.07) is 13.5. The minimum Gasteiger partial charge on any atom is -0.497 e. The minimum absolute atomic E-state index is 0.309. The fourth-order valence-corrected chi connectivity index (χ4v) is 3.02. The average molecular weight is 368 g/mol. The van der Waals surface area contributed by atoms with Crippen LogP contribution in [0.5, 0.6) is 5.75 Å². The van der Waals surface area contributed by atoms with E-state index in [4.69, 9.17) is 10.5 Å². The van der Waals surface area contributed by atoms with E-state index >= 15 is 0 Å². The first-order valence-electron chi connectivity index (χ1n) is 7.63. The molecule has 0 aliphatic heterocycles. The van der Waals surface area contributed by atoms with Crippen molar-refractivity contribution in [2.75, 3.05) is 17.7 Å². The Hall–Kier alpha value is -3.39. The molecular weight excluding hydrogens is 352 g/mol. The maximum absolute atomic E-state index is 12.3. The van der Waals surface area contributed by atoms with Gasteiger partial charge in [-0.05, 0) is 48.5 Å². The zero-order valence-electron chi connectivity index (χ0n) is 13.9. The molecule has 3 amide bonds. The monoisotopic (exact) mass is 368 g/mol. The van der Waals surface area contributed by atoms with Gasteiger partial charge < -0.3 is 21.1 Å². The third-order valence-corrected chi connectivity index (χ3v) is 4.38. The number of carbonyl (C=O) groups is 2. The molecule has 3 rings (SSSR count). The smallest absolute Gasteiger partial charge is 0.316 e. The van der Waals surface area contributed by atoms with Gasteiger partial charge in [-0.3, -0.25) is 4.79 Å². The van der Waals surface area contributed by atoms with Crippen LogP contribution in [0.1, 0.15) is 10.5 Å². The van der Waals surface area contributed by atoms with Crippen molar-refractivity contribution >= 4 is 34.6 Å². The maximum Gasteiger partial charge on any atom is 0.316 e. The predicted octanol–water partition coefficient (Wildman–Crippen LogP) is 3.56. The topological polar surface area (TPSA) is 106 Å². The van der Waals surface area contributed by atoms with Gasteiger partial charge in [-0.1, -0.05) is 0 Å². The Morgan fingerprint density at radius 2 is 1.62 bits per heavy atom. The number of carbonyl (C=O) groups excluding carboxylic acids is 2. The number of methoxy groups -OCH3 is 1. The van der Waals surface area contributed by atoms with E-state index in [1.54, 1.807) is 36.8 Å². The van der Waals surface area contributed by atoms with Crippen LogP contribution in [-0.2, 0) is 0 Å². The summed E-state index contributed by atoms with van der Waals surface area (Å²) < 4.78 is 5.13. The number of hydrogen-bond acceptors (Lipinski definition) is 5. The van der Waals surface area contributed by atoms with Crippen molar-refractivity contribution < 1.29 is 14.3 Å². The third-order valence-electron chi connectivity index (χ3n) is 3.48. The number of urea groups is 1. The molecule has 8 heteroatoms. The molecule has 1 heterocycles. The number of thiazole rings is 1. The van der Waals surface area contributed by atoms with Gasteiger partial charge in [0.2, 0.25) is 0 Å². The minimum atomic E-state index is -0.643. The van der Waals surface area contributed by atoms with Gasteiger partial charge in [0.05, 0.1) is 7.11 Å². The number of amides is 3. The molecule has 26 heavy (non-hydrogen) atoms. The van der Waals surface area contributed by atoms with Crippen molar-refractivity contribution in [2.45, 2.75) is 0 Å². The molecule has 0 atom stereocenters. The van der Waals surface area contributed by atoms with Crippen LogP contribution in [-0.4, -0.2) is 24.0 Å². The van der Waals surface area contributed by atoms with E-state index < -0.39 is 6.03 Å². The second-order valence-electron chi connectivity index (χ2n) is 5.29. The van der Waals surface area contributed by atoms with Crippen LogP contribution >= 0.6 is 11.3 Å². The zero-order chi connectivity index (χ0) is 18.5. The van der Waals surface area contributed by atoms with Gasteiger partial charge >= 0.3 is 6.03 Å². The quantitative estimate of drug-likeness (QED) is 0.640. The molecule has 0 bridgehead atoms. The highest BCUT2D eigenvalue weighted by Crippen LogP contribution is 2.26. The summed E-state index contributed by atoms with van der Waals surface area (Å²) in [5.41, 5.74) is 7.43. The van der Waals surface area contributed by atoms with Gasteiger partial charge in [0.1, 0.15) is 16.5 Å². The summed E-state index contributed by atoms with van der Waals surface area (Å²) >= 11 is 1.39. The molecule has 0 unspecified atom stereocenters. The summed E-state index contributed by atoms with van der Waals surface area (Å²) in [5, 5.41) is 7.67. The summed E-state index contributed by atoms with van der Waals surface area (Å²) in [7, 11) is 1.61. The number of rotatable bonds is 5. The molecule has 0 fully saturated rings. The van der Waals surface area contributed by atoms with Gasteiger partial charge in [-0.25, -0.2) is 9.78 Å². The summed E-state index contributed by atoms with van der Waals surface area (Å²) in [6.45, 7) is 0. The highest BCUT2D eigenvalue weighted by Gasteiger charge is 2.12. The SMILES string of the molecule is COc1ccc(-c2nc(C(=O)Nc3ccc(NC(N)=O)cc3)cs2)cc1. The van der Waals surface area contributed by atoms with Crippen molar-refractivity contribution in [3.63, 3.8) is 0 Å². The molecule has 3 aromatic rings. The lowest BCUT2D eigenvalue weighted by atomic mass is 10.2. The molecule has 0 radical (unpaired) electrons. The summed E-state index contributed by atoms with van der Waals surface area (Å²) in [6.07, 6.45) is 0. The van der Waals surface area contributed by atoms with Crippen molar-refractivity contribution in [2.24, 2.45) is 5.73 Å². The number of nitrogens with zero attached hydrogens (tertiary/aromatic N) is 1.